The van der Waals surface area contributed by atoms with Gasteiger partial charge in [0.2, 0.25) is 5.91 Å². The van der Waals surface area contributed by atoms with Crippen molar-refractivity contribution < 1.29 is 18.8 Å². The average Bonchev–Trinajstić information content (AvgIpc) is 3.51. The Labute approximate surface area is 228 Å². The molecular weight excluding hydrogens is 531 g/mol. The van der Waals surface area contributed by atoms with Gasteiger partial charge in [0.25, 0.3) is 11.8 Å². The van der Waals surface area contributed by atoms with E-state index in [1.54, 1.807) is 25.1 Å². The third kappa shape index (κ3) is 5.27. The molecule has 3 N–H and O–H groups in total. The van der Waals surface area contributed by atoms with E-state index in [-0.39, 0.29) is 33.8 Å². The molecule has 0 spiro atoms. The fraction of sp³-hybridized carbons (Fsp3) is 0.462. The zero-order valence-electron chi connectivity index (χ0n) is 21.4. The number of carbonyl (C=O) groups is 3. The Kier molecular flexibility index (Phi) is 7.43. The summed E-state index contributed by atoms with van der Waals surface area (Å²) in [6.45, 7) is 1.66. The number of H-pyrrole nitrogens is 1. The molecule has 0 radical (unpaired) electrons. The van der Waals surface area contributed by atoms with E-state index in [9.17, 15) is 18.8 Å². The van der Waals surface area contributed by atoms with Gasteiger partial charge in [-0.2, -0.15) is 0 Å². The number of amides is 3. The lowest BCUT2D eigenvalue weighted by atomic mass is 9.81. The van der Waals surface area contributed by atoms with Gasteiger partial charge in [-0.15, -0.1) is 11.3 Å². The molecule has 1 aliphatic carbocycles. The second kappa shape index (κ2) is 10.6. The highest BCUT2D eigenvalue weighted by atomic mass is 35.5. The molecule has 12 heteroatoms. The molecule has 3 atom stereocenters. The second-order valence-electron chi connectivity index (χ2n) is 10.3. The van der Waals surface area contributed by atoms with Gasteiger partial charge in [0, 0.05) is 61.3 Å². The number of hydrogen-bond acceptors (Lipinski definition) is 6. The Hall–Kier alpha value is -3.02. The molecule has 1 fully saturated rings. The summed E-state index contributed by atoms with van der Waals surface area (Å²) in [6, 6.07) is 3.58. The fourth-order valence-electron chi connectivity index (χ4n) is 5.25. The van der Waals surface area contributed by atoms with Crippen LogP contribution in [0.15, 0.2) is 18.2 Å². The minimum absolute atomic E-state index is 0.00949. The van der Waals surface area contributed by atoms with Crippen LogP contribution in [0.4, 0.5) is 4.39 Å². The fourth-order valence-corrected chi connectivity index (χ4v) is 6.51. The molecule has 1 aliphatic heterocycles. The SMILES string of the molecule is CN1CCc2nc(C(=O)N[C@@H]3C[C@@H](C(=O)N(C)C)CC[C@@H]3NC(=O)c3cc4c(F)c(Cl)ccc4[nH]3)sc2C1. The number of halogens is 2. The minimum Gasteiger partial charge on any atom is -0.350 e. The lowest BCUT2D eigenvalue weighted by Crippen LogP contribution is -2.56. The van der Waals surface area contributed by atoms with Crippen LogP contribution < -0.4 is 10.6 Å². The van der Waals surface area contributed by atoms with Gasteiger partial charge < -0.3 is 25.4 Å². The van der Waals surface area contributed by atoms with Crippen molar-refractivity contribution in [2.24, 2.45) is 5.92 Å². The van der Waals surface area contributed by atoms with Crippen LogP contribution in [0.5, 0.6) is 0 Å². The van der Waals surface area contributed by atoms with E-state index in [1.165, 1.54) is 23.5 Å². The minimum atomic E-state index is -0.593. The maximum absolute atomic E-state index is 14.4. The van der Waals surface area contributed by atoms with E-state index >= 15 is 0 Å². The van der Waals surface area contributed by atoms with Crippen molar-refractivity contribution in [3.8, 4) is 0 Å². The van der Waals surface area contributed by atoms with Crippen molar-refractivity contribution in [3.05, 3.63) is 50.3 Å². The molecule has 1 aromatic carbocycles. The van der Waals surface area contributed by atoms with Crippen molar-refractivity contribution in [1.82, 2.24) is 30.4 Å². The summed E-state index contributed by atoms with van der Waals surface area (Å²) in [5, 5.41) is 6.64. The average molecular weight is 561 g/mol. The number of thiazole rings is 1. The Balaban J connectivity index is 1.35. The Morgan fingerprint density at radius 2 is 1.95 bits per heavy atom. The van der Waals surface area contributed by atoms with Gasteiger partial charge in [-0.25, -0.2) is 9.37 Å². The standard InChI is InChI=1S/C26H30ClFN6O3S/c1-33(2)26(37)13-4-6-17(30-23(35)20-11-14-16(29-20)7-5-15(27)22(14)28)19(10-13)31-24(36)25-32-18-8-9-34(3)12-21(18)38-25/h5,7,11,13,17,19,29H,4,6,8-10,12H2,1-3H3,(H,30,35)(H,31,36)/t13-,17-,19+/m0/s1. The Morgan fingerprint density at radius 1 is 1.18 bits per heavy atom. The molecule has 3 heterocycles. The van der Waals surface area contributed by atoms with E-state index in [4.69, 9.17) is 11.6 Å². The monoisotopic (exact) mass is 560 g/mol. The molecule has 5 rings (SSSR count). The van der Waals surface area contributed by atoms with Gasteiger partial charge in [-0.05, 0) is 44.5 Å². The van der Waals surface area contributed by atoms with Gasteiger partial charge in [-0.3, -0.25) is 14.4 Å². The number of rotatable bonds is 5. The van der Waals surface area contributed by atoms with Crippen molar-refractivity contribution >= 4 is 51.6 Å². The number of nitrogens with one attached hydrogen (secondary N) is 3. The molecule has 9 nitrogen and oxygen atoms in total. The number of likely N-dealkylation sites (N-methyl/N-ethyl adjacent to an activating group) is 1. The van der Waals surface area contributed by atoms with Gasteiger partial charge in [0.05, 0.1) is 16.8 Å². The topological polar surface area (TPSA) is 110 Å². The molecule has 38 heavy (non-hydrogen) atoms. The number of hydrogen-bond donors (Lipinski definition) is 3. The molecular formula is C26H30ClFN6O3S. The zero-order valence-corrected chi connectivity index (χ0v) is 23.0. The summed E-state index contributed by atoms with van der Waals surface area (Å²) in [5.41, 5.74) is 1.61. The molecule has 2 aliphatic rings. The third-order valence-corrected chi connectivity index (χ3v) is 8.70. The Morgan fingerprint density at radius 3 is 2.71 bits per heavy atom. The van der Waals surface area contributed by atoms with Gasteiger partial charge in [-0.1, -0.05) is 11.6 Å². The lowest BCUT2D eigenvalue weighted by Gasteiger charge is -2.37. The normalized spacial score (nSPS) is 21.7. The predicted octanol–water partition coefficient (Wildman–Crippen LogP) is 3.19. The van der Waals surface area contributed by atoms with Crippen LogP contribution in [0.2, 0.25) is 5.02 Å². The number of carbonyl (C=O) groups excluding carboxylic acids is 3. The predicted molar refractivity (Wildman–Crippen MR) is 144 cm³/mol. The maximum Gasteiger partial charge on any atom is 0.280 e. The zero-order chi connectivity index (χ0) is 27.1. The van der Waals surface area contributed by atoms with Crippen LogP contribution in [0.1, 0.15) is 50.1 Å². The first-order valence-electron chi connectivity index (χ1n) is 12.6. The molecule has 0 unspecified atom stereocenters. The molecule has 3 aromatic rings. The van der Waals surface area contributed by atoms with Crippen molar-refractivity contribution in [3.63, 3.8) is 0 Å². The number of nitrogens with zero attached hydrogens (tertiary/aromatic N) is 3. The summed E-state index contributed by atoms with van der Waals surface area (Å²) in [5.74, 6) is -1.61. The van der Waals surface area contributed by atoms with E-state index in [2.05, 4.69) is 25.5 Å². The van der Waals surface area contributed by atoms with E-state index in [1.807, 2.05) is 7.05 Å². The van der Waals surface area contributed by atoms with Crippen molar-refractivity contribution in [1.29, 1.82) is 0 Å². The van der Waals surface area contributed by atoms with Crippen molar-refractivity contribution in [2.75, 3.05) is 27.7 Å². The van der Waals surface area contributed by atoms with Gasteiger partial charge in [0.15, 0.2) is 10.8 Å². The quantitative estimate of drug-likeness (QED) is 0.444. The highest BCUT2D eigenvalue weighted by molar-refractivity contribution is 7.13. The largest absolute Gasteiger partial charge is 0.350 e. The first kappa shape index (κ1) is 26.6. The highest BCUT2D eigenvalue weighted by Crippen LogP contribution is 2.29. The van der Waals surface area contributed by atoms with Crippen LogP contribution in [0.25, 0.3) is 10.9 Å². The van der Waals surface area contributed by atoms with Gasteiger partial charge >= 0.3 is 0 Å². The smallest absolute Gasteiger partial charge is 0.280 e. The number of benzene rings is 1. The molecule has 1 saturated carbocycles. The first-order chi connectivity index (χ1) is 18.1. The van der Waals surface area contributed by atoms with Crippen LogP contribution in [-0.2, 0) is 17.8 Å². The summed E-state index contributed by atoms with van der Waals surface area (Å²) < 4.78 is 14.4. The molecule has 0 saturated heterocycles. The van der Waals surface area contributed by atoms with Crippen LogP contribution in [0.3, 0.4) is 0 Å². The highest BCUT2D eigenvalue weighted by Gasteiger charge is 2.37. The molecule has 202 valence electrons. The number of aromatic amines is 1. The van der Waals surface area contributed by atoms with E-state index in [0.29, 0.717) is 29.8 Å². The molecule has 2 aromatic heterocycles. The molecule has 0 bridgehead atoms. The van der Waals surface area contributed by atoms with Crippen molar-refractivity contribution in [2.45, 2.75) is 44.3 Å². The maximum atomic E-state index is 14.4. The first-order valence-corrected chi connectivity index (χ1v) is 13.8. The summed E-state index contributed by atoms with van der Waals surface area (Å²) in [4.78, 5) is 51.5. The molecule has 3 amide bonds. The number of aromatic nitrogens is 2. The summed E-state index contributed by atoms with van der Waals surface area (Å²) in [6.07, 6.45) is 2.26. The van der Waals surface area contributed by atoms with Crippen LogP contribution in [-0.4, -0.2) is 77.3 Å². The summed E-state index contributed by atoms with van der Waals surface area (Å²) >= 11 is 7.27. The number of fused-ring (bicyclic) bond motifs is 2. The van der Waals surface area contributed by atoms with Crippen LogP contribution >= 0.6 is 22.9 Å². The Bertz CT molecular complexity index is 1410. The summed E-state index contributed by atoms with van der Waals surface area (Å²) in [7, 11) is 5.46. The van der Waals surface area contributed by atoms with Gasteiger partial charge in [0.1, 0.15) is 5.69 Å². The van der Waals surface area contributed by atoms with Crippen LogP contribution in [0, 0.1) is 11.7 Å². The third-order valence-electron chi connectivity index (χ3n) is 7.32. The van der Waals surface area contributed by atoms with E-state index in [0.717, 1.165) is 30.1 Å². The lowest BCUT2D eigenvalue weighted by molar-refractivity contribution is -0.134. The van der Waals surface area contributed by atoms with E-state index < -0.39 is 23.8 Å². The second-order valence-corrected chi connectivity index (χ2v) is 11.8.